The summed E-state index contributed by atoms with van der Waals surface area (Å²) in [7, 11) is 4.84. The van der Waals surface area contributed by atoms with E-state index in [1.54, 1.807) is 65.8 Å². The molecule has 0 amide bonds. The monoisotopic (exact) mass is 815 g/mol. The van der Waals surface area contributed by atoms with Gasteiger partial charge in [-0.3, -0.25) is 14.4 Å². The van der Waals surface area contributed by atoms with Gasteiger partial charge in [-0.25, -0.2) is 0 Å². The molecule has 17 nitrogen and oxygen atoms in total. The van der Waals surface area contributed by atoms with Crippen LogP contribution in [0.4, 0.5) is 0 Å². The number of methoxy groups -OCH3 is 1. The maximum atomic E-state index is 13.3. The minimum absolute atomic E-state index is 0.0460. The fourth-order valence-corrected chi connectivity index (χ4v) is 8.32. The summed E-state index contributed by atoms with van der Waals surface area (Å²) in [6.45, 7) is 11.4. The minimum atomic E-state index is -1.49. The van der Waals surface area contributed by atoms with Gasteiger partial charge in [0.1, 0.15) is 48.5 Å². The minimum Gasteiger partial charge on any atom is -0.462 e. The van der Waals surface area contributed by atoms with E-state index < -0.39 is 121 Å². The van der Waals surface area contributed by atoms with Gasteiger partial charge >= 0.3 is 17.9 Å². The van der Waals surface area contributed by atoms with Crippen LogP contribution in [-0.4, -0.2) is 163 Å². The first kappa shape index (κ1) is 47.1. The maximum Gasteiger partial charge on any atom is 0.309 e. The van der Waals surface area contributed by atoms with Crippen molar-refractivity contribution < 1.29 is 77.1 Å². The van der Waals surface area contributed by atoms with Gasteiger partial charge in [0.15, 0.2) is 18.7 Å². The molecule has 0 bridgehead atoms. The summed E-state index contributed by atoms with van der Waals surface area (Å²) in [4.78, 5) is 51.9. The normalized spacial score (nSPS) is 43.4. The number of hydrogen-bond acceptors (Lipinski definition) is 17. The molecule has 4 rings (SSSR count). The number of aldehydes is 1. The number of rotatable bonds is 11. The number of fused-ring (bicyclic) bond motifs is 1. The van der Waals surface area contributed by atoms with Crippen molar-refractivity contribution in [1.82, 2.24) is 4.90 Å². The fraction of sp³-hybridized carbons (Fsp3) is 0.850. The standard InChI is InChI=1S/C40H65NO16/c1-11-30(45)55-38-23(5)51-32(19-40(38,7)48)56-35-22(4)52-39(34(47)33(35)41(8)9)57-36-25(14-15-42)16-20(2)26(44)12-13-27-28(54-27)17-21(3)50-31(46)18-29(37(36)49-10)53-24(6)43/h12-13,15,20-23,25-29,32-39,44,47-48H,11,14,16-19H2,1-10H3. The molecule has 0 aliphatic carbocycles. The van der Waals surface area contributed by atoms with Gasteiger partial charge in [0.25, 0.3) is 0 Å². The Morgan fingerprint density at radius 3 is 2.28 bits per heavy atom. The summed E-state index contributed by atoms with van der Waals surface area (Å²) >= 11 is 0. The van der Waals surface area contributed by atoms with Gasteiger partial charge in [-0.15, -0.1) is 0 Å². The van der Waals surface area contributed by atoms with Crippen molar-refractivity contribution >= 4 is 24.2 Å². The molecule has 0 spiro atoms. The number of nitrogens with zero attached hydrogens (tertiary/aromatic N) is 1. The highest BCUT2D eigenvalue weighted by atomic mass is 16.7. The third-order valence-corrected chi connectivity index (χ3v) is 11.3. The smallest absolute Gasteiger partial charge is 0.309 e. The number of esters is 3. The molecule has 18 unspecified atom stereocenters. The Kier molecular flexibility index (Phi) is 17.0. The number of ether oxygens (including phenoxy) is 9. The summed E-state index contributed by atoms with van der Waals surface area (Å²) in [5.41, 5.74) is -1.49. The Balaban J connectivity index is 1.65. The van der Waals surface area contributed by atoms with E-state index in [0.717, 1.165) is 0 Å². The Hall–Kier alpha value is -2.58. The van der Waals surface area contributed by atoms with Gasteiger partial charge in [0, 0.05) is 39.7 Å². The summed E-state index contributed by atoms with van der Waals surface area (Å²) < 4.78 is 54.1. The molecule has 0 saturated carbocycles. The predicted octanol–water partition coefficient (Wildman–Crippen LogP) is 1.59. The quantitative estimate of drug-likeness (QED) is 0.0887. The molecule has 18 atom stereocenters. The van der Waals surface area contributed by atoms with E-state index in [4.69, 9.17) is 42.6 Å². The molecule has 0 radical (unpaired) electrons. The second-order valence-corrected chi connectivity index (χ2v) is 16.4. The fourth-order valence-electron chi connectivity index (χ4n) is 8.32. The molecular weight excluding hydrogens is 750 g/mol. The molecule has 0 aromatic carbocycles. The summed E-state index contributed by atoms with van der Waals surface area (Å²) in [5.74, 6) is -2.95. The van der Waals surface area contributed by atoms with Crippen molar-refractivity contribution in [2.24, 2.45) is 11.8 Å². The van der Waals surface area contributed by atoms with Crippen LogP contribution in [0.15, 0.2) is 12.2 Å². The number of cyclic esters (lactones) is 1. The average Bonchev–Trinajstić information content (AvgIpc) is 3.86. The van der Waals surface area contributed by atoms with E-state index in [9.17, 15) is 34.5 Å². The highest BCUT2D eigenvalue weighted by molar-refractivity contribution is 5.72. The zero-order valence-electron chi connectivity index (χ0n) is 34.9. The lowest BCUT2D eigenvalue weighted by atomic mass is 9.82. The van der Waals surface area contributed by atoms with E-state index in [2.05, 4.69) is 0 Å². The third kappa shape index (κ3) is 12.5. The molecule has 3 saturated heterocycles. The summed E-state index contributed by atoms with van der Waals surface area (Å²) in [5, 5.41) is 34.5. The number of aliphatic hydroxyl groups is 3. The zero-order chi connectivity index (χ0) is 42.4. The van der Waals surface area contributed by atoms with Crippen LogP contribution in [-0.2, 0) is 61.8 Å². The van der Waals surface area contributed by atoms with Gasteiger partial charge in [-0.05, 0) is 60.0 Å². The van der Waals surface area contributed by atoms with Crippen molar-refractivity contribution in [2.75, 3.05) is 21.2 Å². The van der Waals surface area contributed by atoms with Crippen LogP contribution < -0.4 is 0 Å². The number of carbonyl (C=O) groups is 4. The van der Waals surface area contributed by atoms with Crippen LogP contribution in [0.2, 0.25) is 0 Å². The molecule has 0 aromatic heterocycles. The highest BCUT2D eigenvalue weighted by Crippen LogP contribution is 2.38. The van der Waals surface area contributed by atoms with Crippen LogP contribution in [0.1, 0.15) is 87.0 Å². The molecule has 57 heavy (non-hydrogen) atoms. The van der Waals surface area contributed by atoms with Crippen LogP contribution in [0.3, 0.4) is 0 Å². The van der Waals surface area contributed by atoms with Gasteiger partial charge < -0.3 is 67.6 Å². The molecule has 17 heteroatoms. The molecule has 4 aliphatic heterocycles. The first-order valence-electron chi connectivity index (χ1n) is 20.0. The topological polar surface area (TPSA) is 219 Å². The maximum absolute atomic E-state index is 13.3. The average molecular weight is 816 g/mol. The van der Waals surface area contributed by atoms with E-state index in [-0.39, 0.29) is 37.9 Å². The molecule has 3 N–H and O–H groups in total. The lowest BCUT2D eigenvalue weighted by molar-refractivity contribution is -0.344. The van der Waals surface area contributed by atoms with Gasteiger partial charge in [-0.1, -0.05) is 26.0 Å². The van der Waals surface area contributed by atoms with Crippen LogP contribution in [0.25, 0.3) is 0 Å². The van der Waals surface area contributed by atoms with Crippen LogP contribution in [0, 0.1) is 11.8 Å². The summed E-state index contributed by atoms with van der Waals surface area (Å²) in [6, 6.07) is -0.782. The first-order chi connectivity index (χ1) is 26.8. The van der Waals surface area contributed by atoms with Crippen molar-refractivity contribution in [2.45, 2.75) is 184 Å². The first-order valence-corrected chi connectivity index (χ1v) is 20.0. The Morgan fingerprint density at radius 2 is 1.68 bits per heavy atom. The van der Waals surface area contributed by atoms with E-state index in [1.165, 1.54) is 14.0 Å². The predicted molar refractivity (Wildman–Crippen MR) is 200 cm³/mol. The highest BCUT2D eigenvalue weighted by Gasteiger charge is 2.53. The van der Waals surface area contributed by atoms with Gasteiger partial charge in [0.05, 0.1) is 43.0 Å². The van der Waals surface area contributed by atoms with Crippen molar-refractivity contribution in [3.05, 3.63) is 12.2 Å². The van der Waals surface area contributed by atoms with Crippen molar-refractivity contribution in [1.29, 1.82) is 0 Å². The van der Waals surface area contributed by atoms with Crippen LogP contribution >= 0.6 is 0 Å². The molecule has 326 valence electrons. The number of carbonyl (C=O) groups excluding carboxylic acids is 4. The Labute approximate surface area is 335 Å². The van der Waals surface area contributed by atoms with Crippen LogP contribution in [0.5, 0.6) is 0 Å². The molecule has 0 aromatic rings. The largest absolute Gasteiger partial charge is 0.462 e. The molecule has 4 heterocycles. The van der Waals surface area contributed by atoms with Crippen molar-refractivity contribution in [3.8, 4) is 0 Å². The summed E-state index contributed by atoms with van der Waals surface area (Å²) in [6.07, 6.45) is -8.10. The molecular formula is C40H65NO16. The lowest BCUT2D eigenvalue weighted by Crippen LogP contribution is -2.66. The number of likely N-dealkylation sites (N-methyl/N-ethyl adjacent to an activating group) is 1. The third-order valence-electron chi connectivity index (χ3n) is 11.3. The molecule has 3 fully saturated rings. The van der Waals surface area contributed by atoms with E-state index in [0.29, 0.717) is 12.7 Å². The van der Waals surface area contributed by atoms with Gasteiger partial charge in [0.2, 0.25) is 0 Å². The lowest BCUT2D eigenvalue weighted by Gasteiger charge is -2.50. The second-order valence-electron chi connectivity index (χ2n) is 16.4. The molecule has 4 aliphatic rings. The SMILES string of the molecule is CCC(=O)OC1C(C)OC(OC2C(C)OC(OC3C(CC=O)CC(C)C(O)C=CC4OC4CC(C)OC(=O)CC(OC(C)=O)C3OC)C(O)C2N(C)C)CC1(C)O. The Morgan fingerprint density at radius 1 is 0.982 bits per heavy atom. The number of aliphatic hydroxyl groups excluding tert-OH is 2. The van der Waals surface area contributed by atoms with Gasteiger partial charge in [-0.2, -0.15) is 0 Å². The number of epoxide rings is 1. The second kappa shape index (κ2) is 20.6. The number of hydrogen-bond donors (Lipinski definition) is 3. The zero-order valence-corrected chi connectivity index (χ0v) is 34.9. The van der Waals surface area contributed by atoms with Crippen molar-refractivity contribution in [3.63, 3.8) is 0 Å². The van der Waals surface area contributed by atoms with E-state index >= 15 is 0 Å². The Bertz CT molecular complexity index is 1380. The van der Waals surface area contributed by atoms with E-state index in [1.807, 2.05) is 6.92 Å².